The molecule has 0 aromatic carbocycles. The van der Waals surface area contributed by atoms with Crippen LogP contribution in [0, 0.1) is 0 Å². The Hall–Kier alpha value is 0.620. The molecule has 12 heavy (non-hydrogen) atoms. The molecule has 3 unspecified atom stereocenters. The molecule has 4 heteroatoms. The molecule has 0 aliphatic carbocycles. The van der Waals surface area contributed by atoms with Gasteiger partial charge in [0.1, 0.15) is 0 Å². The summed E-state index contributed by atoms with van der Waals surface area (Å²) >= 11 is 6.97. The third-order valence-electron chi connectivity index (χ3n) is 1.36. The molecule has 0 aliphatic rings. The minimum atomic E-state index is 0.113. The Kier molecular flexibility index (Phi) is 7.43. The molecular weight excluding hydrogens is 286 g/mol. The minimum absolute atomic E-state index is 0.113. The normalized spacial score (nSPS) is 18.3. The van der Waals surface area contributed by atoms with Gasteiger partial charge in [-0.3, -0.25) is 0 Å². The maximum Gasteiger partial charge on any atom is 0.0645 e. The molecule has 0 aliphatic heterocycles. The van der Waals surface area contributed by atoms with Crippen molar-refractivity contribution in [1.82, 2.24) is 0 Å². The Bertz CT molecular complexity index is 130. The number of hydrogen-bond acceptors (Lipinski definition) is 2. The number of rotatable bonds is 6. The molecule has 0 saturated carbocycles. The Morgan fingerprint density at radius 3 is 2.58 bits per heavy atom. The molecule has 2 nitrogen and oxygen atoms in total. The van der Waals surface area contributed by atoms with Crippen molar-refractivity contribution in [3.63, 3.8) is 0 Å². The summed E-state index contributed by atoms with van der Waals surface area (Å²) in [6.07, 6.45) is 1.73. The molecule has 0 aromatic rings. The highest BCUT2D eigenvalue weighted by atomic mass is 79.9. The van der Waals surface area contributed by atoms with Crippen LogP contribution < -0.4 is 5.73 Å². The molecule has 0 radical (unpaired) electrons. The average molecular weight is 301 g/mol. The second kappa shape index (κ2) is 7.06. The molecule has 0 rings (SSSR count). The summed E-state index contributed by atoms with van der Waals surface area (Å²) in [6, 6.07) is 0.113. The van der Waals surface area contributed by atoms with Gasteiger partial charge in [-0.1, -0.05) is 37.9 Å². The van der Waals surface area contributed by atoms with Gasteiger partial charge in [0.2, 0.25) is 0 Å². The third kappa shape index (κ3) is 5.30. The van der Waals surface area contributed by atoms with Crippen LogP contribution in [0.2, 0.25) is 0 Å². The fourth-order valence-electron chi connectivity index (χ4n) is 0.685. The molecule has 3 atom stereocenters. The summed E-state index contributed by atoms with van der Waals surface area (Å²) < 4.78 is 5.27. The number of ether oxygens (including phenoxy) is 1. The molecule has 0 heterocycles. The lowest BCUT2D eigenvalue weighted by atomic mass is 10.2. The van der Waals surface area contributed by atoms with E-state index in [1.165, 1.54) is 0 Å². The molecule has 0 saturated heterocycles. The van der Waals surface area contributed by atoms with Crippen LogP contribution in [-0.4, -0.2) is 28.9 Å². The smallest absolute Gasteiger partial charge is 0.0645 e. The van der Waals surface area contributed by atoms with Gasteiger partial charge >= 0.3 is 0 Å². The zero-order chi connectivity index (χ0) is 9.56. The van der Waals surface area contributed by atoms with Crippen molar-refractivity contribution >= 4 is 31.9 Å². The number of halogens is 2. The number of nitrogens with two attached hydrogens (primary N) is 1. The molecule has 0 fully saturated rings. The lowest BCUT2D eigenvalue weighted by molar-refractivity contribution is 0.163. The highest BCUT2D eigenvalue weighted by Crippen LogP contribution is 2.17. The predicted molar refractivity (Wildman–Crippen MR) is 60.1 cm³/mol. The van der Waals surface area contributed by atoms with Crippen LogP contribution in [0.15, 0.2) is 12.7 Å². The van der Waals surface area contributed by atoms with E-state index in [9.17, 15) is 0 Å². The van der Waals surface area contributed by atoms with Gasteiger partial charge in [0.05, 0.1) is 18.0 Å². The van der Waals surface area contributed by atoms with E-state index in [0.29, 0.717) is 13.2 Å². The fourth-order valence-corrected chi connectivity index (χ4v) is 1.51. The van der Waals surface area contributed by atoms with Crippen molar-refractivity contribution in [2.24, 2.45) is 5.73 Å². The van der Waals surface area contributed by atoms with Gasteiger partial charge in [0.15, 0.2) is 0 Å². The minimum Gasteiger partial charge on any atom is -0.376 e. The fraction of sp³-hybridized carbons (Fsp3) is 0.750. The van der Waals surface area contributed by atoms with Crippen molar-refractivity contribution in [3.05, 3.63) is 12.7 Å². The Labute approximate surface area is 90.8 Å². The van der Waals surface area contributed by atoms with Crippen LogP contribution in [0.4, 0.5) is 0 Å². The highest BCUT2D eigenvalue weighted by Gasteiger charge is 2.19. The summed E-state index contributed by atoms with van der Waals surface area (Å²) in [5, 5.41) is 0. The van der Waals surface area contributed by atoms with Crippen LogP contribution >= 0.6 is 31.9 Å². The van der Waals surface area contributed by atoms with E-state index >= 15 is 0 Å². The van der Waals surface area contributed by atoms with Crippen LogP contribution in [0.3, 0.4) is 0 Å². The molecule has 72 valence electrons. The van der Waals surface area contributed by atoms with Gasteiger partial charge in [-0.25, -0.2) is 0 Å². The molecule has 0 amide bonds. The van der Waals surface area contributed by atoms with Crippen molar-refractivity contribution in [1.29, 1.82) is 0 Å². The van der Waals surface area contributed by atoms with Crippen LogP contribution in [0.5, 0.6) is 0 Å². The van der Waals surface area contributed by atoms with E-state index in [-0.39, 0.29) is 15.7 Å². The van der Waals surface area contributed by atoms with E-state index in [2.05, 4.69) is 38.4 Å². The second-order valence-corrected chi connectivity index (χ2v) is 4.88. The summed E-state index contributed by atoms with van der Waals surface area (Å²) in [4.78, 5) is 0.486. The average Bonchev–Trinajstić information content (AvgIpc) is 2.03. The second-order valence-electron chi connectivity index (χ2n) is 2.65. The van der Waals surface area contributed by atoms with Crippen LogP contribution in [0.25, 0.3) is 0 Å². The SMILES string of the molecule is C=CCOCC(Br)C(Br)C(C)N. The van der Waals surface area contributed by atoms with Gasteiger partial charge in [-0.05, 0) is 6.92 Å². The summed E-state index contributed by atoms with van der Waals surface area (Å²) in [5.41, 5.74) is 5.69. The molecule has 0 bridgehead atoms. The predicted octanol–water partition coefficient (Wildman–Crippen LogP) is 2.06. The molecule has 2 N–H and O–H groups in total. The summed E-state index contributed by atoms with van der Waals surface area (Å²) in [7, 11) is 0. The Morgan fingerprint density at radius 1 is 1.58 bits per heavy atom. The van der Waals surface area contributed by atoms with E-state index in [1.54, 1.807) is 6.08 Å². The van der Waals surface area contributed by atoms with Crippen molar-refractivity contribution in [2.45, 2.75) is 22.6 Å². The standard InChI is InChI=1S/C8H15Br2NO/c1-3-4-12-5-7(9)8(10)6(2)11/h3,6-8H,1,4-5,11H2,2H3. The van der Waals surface area contributed by atoms with Crippen molar-refractivity contribution < 1.29 is 4.74 Å². The summed E-state index contributed by atoms with van der Waals surface area (Å²) in [5.74, 6) is 0. The zero-order valence-corrected chi connectivity index (χ0v) is 10.3. The van der Waals surface area contributed by atoms with Gasteiger partial charge in [-0.15, -0.1) is 6.58 Å². The quantitative estimate of drug-likeness (QED) is 0.463. The third-order valence-corrected chi connectivity index (χ3v) is 4.38. The summed E-state index contributed by atoms with van der Waals surface area (Å²) in [6.45, 7) is 6.75. The molecular formula is C8H15Br2NO. The topological polar surface area (TPSA) is 35.2 Å². The van der Waals surface area contributed by atoms with E-state index < -0.39 is 0 Å². The number of alkyl halides is 2. The van der Waals surface area contributed by atoms with Gasteiger partial charge in [-0.2, -0.15) is 0 Å². The highest BCUT2D eigenvalue weighted by molar-refractivity contribution is 9.12. The zero-order valence-electron chi connectivity index (χ0n) is 7.17. The van der Waals surface area contributed by atoms with Gasteiger partial charge in [0, 0.05) is 10.9 Å². The number of hydrogen-bond donors (Lipinski definition) is 1. The molecule has 0 spiro atoms. The first kappa shape index (κ1) is 12.6. The van der Waals surface area contributed by atoms with E-state index in [4.69, 9.17) is 10.5 Å². The van der Waals surface area contributed by atoms with E-state index in [0.717, 1.165) is 0 Å². The van der Waals surface area contributed by atoms with Crippen LogP contribution in [0.1, 0.15) is 6.92 Å². The van der Waals surface area contributed by atoms with Crippen molar-refractivity contribution in [2.75, 3.05) is 13.2 Å². The molecule has 0 aromatic heterocycles. The van der Waals surface area contributed by atoms with Gasteiger partial charge < -0.3 is 10.5 Å². The first-order chi connectivity index (χ1) is 5.59. The lowest BCUT2D eigenvalue weighted by Gasteiger charge is -2.19. The van der Waals surface area contributed by atoms with Crippen LogP contribution in [-0.2, 0) is 4.74 Å². The van der Waals surface area contributed by atoms with E-state index in [1.807, 2.05) is 6.92 Å². The Balaban J connectivity index is 3.56. The maximum atomic E-state index is 5.69. The largest absolute Gasteiger partial charge is 0.376 e. The van der Waals surface area contributed by atoms with Gasteiger partial charge in [0.25, 0.3) is 0 Å². The first-order valence-corrected chi connectivity index (χ1v) is 5.65. The Morgan fingerprint density at radius 2 is 2.17 bits per heavy atom. The first-order valence-electron chi connectivity index (χ1n) is 3.82. The lowest BCUT2D eigenvalue weighted by Crippen LogP contribution is -2.35. The monoisotopic (exact) mass is 299 g/mol. The maximum absolute atomic E-state index is 5.69. The van der Waals surface area contributed by atoms with Crippen molar-refractivity contribution in [3.8, 4) is 0 Å².